The highest BCUT2D eigenvalue weighted by atomic mass is 32.1. The summed E-state index contributed by atoms with van der Waals surface area (Å²) in [5.41, 5.74) is 2.06. The number of hydrogen-bond acceptors (Lipinski definition) is 7. The van der Waals surface area contributed by atoms with E-state index in [1.54, 1.807) is 36.0 Å². The number of aromatic nitrogens is 3. The summed E-state index contributed by atoms with van der Waals surface area (Å²) in [4.78, 5) is 29.1. The standard InChI is InChI=1S/C20H22N6O3S/c1-11-3-6-14(27)12(2)18(11)24-19(29)15-9-21-20(30-15)23-16-7-8-26(25-16)10-17(28)22-13-4-5-13/h3,6-9,13,27H,4-5,10H2,1-2H3,(H,22,28)(H,24,29)(H,21,23,25). The Balaban J connectivity index is 1.38. The third-order valence-corrected chi connectivity index (χ3v) is 5.65. The first-order chi connectivity index (χ1) is 14.4. The van der Waals surface area contributed by atoms with Crippen LogP contribution < -0.4 is 16.0 Å². The summed E-state index contributed by atoms with van der Waals surface area (Å²) < 4.78 is 1.55. The Hall–Kier alpha value is -3.40. The van der Waals surface area contributed by atoms with Crippen molar-refractivity contribution in [1.82, 2.24) is 20.1 Å². The second kappa shape index (κ2) is 8.15. The van der Waals surface area contributed by atoms with Crippen molar-refractivity contribution in [2.45, 2.75) is 39.3 Å². The van der Waals surface area contributed by atoms with E-state index < -0.39 is 0 Å². The van der Waals surface area contributed by atoms with Crippen LogP contribution in [0.2, 0.25) is 0 Å². The molecule has 0 atom stereocenters. The molecule has 0 spiro atoms. The van der Waals surface area contributed by atoms with E-state index in [1.807, 2.05) is 6.92 Å². The number of hydrogen-bond donors (Lipinski definition) is 4. The van der Waals surface area contributed by atoms with Crippen LogP contribution in [0, 0.1) is 13.8 Å². The van der Waals surface area contributed by atoms with Gasteiger partial charge in [-0.1, -0.05) is 17.4 Å². The predicted octanol–water partition coefficient (Wildman–Crippen LogP) is 2.94. The van der Waals surface area contributed by atoms with Crippen LogP contribution in [-0.4, -0.2) is 37.7 Å². The van der Waals surface area contributed by atoms with Crippen LogP contribution in [0.15, 0.2) is 30.6 Å². The van der Waals surface area contributed by atoms with Crippen LogP contribution in [-0.2, 0) is 11.3 Å². The molecule has 4 N–H and O–H groups in total. The van der Waals surface area contributed by atoms with E-state index in [0.717, 1.165) is 18.4 Å². The molecule has 0 radical (unpaired) electrons. The number of nitrogens with one attached hydrogen (secondary N) is 3. The SMILES string of the molecule is Cc1ccc(O)c(C)c1NC(=O)c1cnc(Nc2ccn(CC(=O)NC3CC3)n2)s1. The number of phenols is 1. The summed E-state index contributed by atoms with van der Waals surface area (Å²) in [6.45, 7) is 3.77. The lowest BCUT2D eigenvalue weighted by Gasteiger charge is -2.11. The van der Waals surface area contributed by atoms with E-state index in [9.17, 15) is 14.7 Å². The van der Waals surface area contributed by atoms with Crippen LogP contribution in [0.3, 0.4) is 0 Å². The number of nitrogens with zero attached hydrogens (tertiary/aromatic N) is 3. The Kier molecular flexibility index (Phi) is 5.40. The molecule has 2 amide bonds. The molecule has 9 nitrogen and oxygen atoms in total. The molecule has 0 aliphatic heterocycles. The number of phenolic OH excluding ortho intramolecular Hbond substituents is 1. The normalized spacial score (nSPS) is 13.1. The summed E-state index contributed by atoms with van der Waals surface area (Å²) in [5.74, 6) is 0.302. The van der Waals surface area contributed by atoms with Gasteiger partial charge in [0.15, 0.2) is 10.9 Å². The number of aryl methyl sites for hydroxylation is 1. The Bertz CT molecular complexity index is 1100. The molecule has 1 aromatic carbocycles. The van der Waals surface area contributed by atoms with Crippen molar-refractivity contribution in [2.75, 3.05) is 10.6 Å². The van der Waals surface area contributed by atoms with Gasteiger partial charge < -0.3 is 21.1 Å². The first-order valence-corrected chi connectivity index (χ1v) is 10.4. The fourth-order valence-corrected chi connectivity index (χ4v) is 3.63. The molecular weight excluding hydrogens is 404 g/mol. The van der Waals surface area contributed by atoms with E-state index >= 15 is 0 Å². The highest BCUT2D eigenvalue weighted by molar-refractivity contribution is 7.17. The molecule has 1 fully saturated rings. The monoisotopic (exact) mass is 426 g/mol. The number of thiazole rings is 1. The van der Waals surface area contributed by atoms with Crippen molar-refractivity contribution in [3.63, 3.8) is 0 Å². The van der Waals surface area contributed by atoms with E-state index in [0.29, 0.717) is 33.1 Å². The van der Waals surface area contributed by atoms with Crippen molar-refractivity contribution in [1.29, 1.82) is 0 Å². The number of aromatic hydroxyl groups is 1. The number of benzene rings is 1. The van der Waals surface area contributed by atoms with Crippen molar-refractivity contribution in [2.24, 2.45) is 0 Å². The Labute approximate surface area is 177 Å². The molecule has 0 saturated heterocycles. The summed E-state index contributed by atoms with van der Waals surface area (Å²) in [5, 5.41) is 23.5. The van der Waals surface area contributed by atoms with Crippen molar-refractivity contribution in [3.05, 3.63) is 46.6 Å². The molecule has 30 heavy (non-hydrogen) atoms. The Morgan fingerprint density at radius 3 is 2.83 bits per heavy atom. The van der Waals surface area contributed by atoms with Gasteiger partial charge >= 0.3 is 0 Å². The summed E-state index contributed by atoms with van der Waals surface area (Å²) in [6.07, 6.45) is 5.28. The first kappa shape index (κ1) is 19.9. The van der Waals surface area contributed by atoms with Gasteiger partial charge in [-0.3, -0.25) is 14.3 Å². The van der Waals surface area contributed by atoms with Crippen LogP contribution >= 0.6 is 11.3 Å². The molecule has 10 heteroatoms. The largest absolute Gasteiger partial charge is 0.508 e. The zero-order chi connectivity index (χ0) is 21.3. The molecule has 2 heterocycles. The highest BCUT2D eigenvalue weighted by Gasteiger charge is 2.23. The summed E-state index contributed by atoms with van der Waals surface area (Å²) in [7, 11) is 0. The molecule has 3 aromatic rings. The number of anilines is 3. The topological polar surface area (TPSA) is 121 Å². The Morgan fingerprint density at radius 2 is 2.07 bits per heavy atom. The zero-order valence-electron chi connectivity index (χ0n) is 16.6. The lowest BCUT2D eigenvalue weighted by Crippen LogP contribution is -2.29. The van der Waals surface area contributed by atoms with Crippen LogP contribution in [0.1, 0.15) is 33.6 Å². The molecular formula is C20H22N6O3S. The summed E-state index contributed by atoms with van der Waals surface area (Å²) >= 11 is 1.19. The molecule has 1 saturated carbocycles. The van der Waals surface area contributed by atoms with Gasteiger partial charge in [-0.05, 0) is 38.3 Å². The molecule has 156 valence electrons. The van der Waals surface area contributed by atoms with Gasteiger partial charge in [-0.25, -0.2) is 4.98 Å². The smallest absolute Gasteiger partial charge is 0.267 e. The minimum Gasteiger partial charge on any atom is -0.508 e. The summed E-state index contributed by atoms with van der Waals surface area (Å²) in [6, 6.07) is 5.41. The van der Waals surface area contributed by atoms with Gasteiger partial charge in [-0.15, -0.1) is 0 Å². The lowest BCUT2D eigenvalue weighted by molar-refractivity contribution is -0.122. The molecule has 1 aliphatic rings. The lowest BCUT2D eigenvalue weighted by atomic mass is 10.1. The average Bonchev–Trinajstić information content (AvgIpc) is 3.21. The second-order valence-corrected chi connectivity index (χ2v) is 8.28. The van der Waals surface area contributed by atoms with Crippen molar-refractivity contribution < 1.29 is 14.7 Å². The van der Waals surface area contributed by atoms with Crippen molar-refractivity contribution in [3.8, 4) is 5.75 Å². The van der Waals surface area contributed by atoms with Crippen LogP contribution in [0.5, 0.6) is 5.75 Å². The van der Waals surface area contributed by atoms with Gasteiger partial charge in [0.1, 0.15) is 17.2 Å². The fourth-order valence-electron chi connectivity index (χ4n) is 2.91. The maximum Gasteiger partial charge on any atom is 0.267 e. The van der Waals surface area contributed by atoms with Gasteiger partial charge in [0.05, 0.1) is 11.9 Å². The Morgan fingerprint density at radius 1 is 1.27 bits per heavy atom. The van der Waals surface area contributed by atoms with Gasteiger partial charge in [0.2, 0.25) is 5.91 Å². The number of carbonyl (C=O) groups is 2. The molecule has 2 aromatic heterocycles. The maximum atomic E-state index is 12.6. The number of rotatable bonds is 7. The van der Waals surface area contributed by atoms with Crippen LogP contribution in [0.4, 0.5) is 16.6 Å². The highest BCUT2D eigenvalue weighted by Crippen LogP contribution is 2.29. The quantitative estimate of drug-likeness (QED) is 0.461. The zero-order valence-corrected chi connectivity index (χ0v) is 17.4. The molecule has 0 unspecified atom stereocenters. The minimum atomic E-state index is -0.306. The third kappa shape index (κ3) is 4.60. The average molecular weight is 427 g/mol. The predicted molar refractivity (Wildman–Crippen MR) is 114 cm³/mol. The number of amides is 2. The molecule has 4 rings (SSSR count). The van der Waals surface area contributed by atoms with Gasteiger partial charge in [0.25, 0.3) is 5.91 Å². The maximum absolute atomic E-state index is 12.6. The molecule has 1 aliphatic carbocycles. The van der Waals surface area contributed by atoms with Gasteiger partial charge in [-0.2, -0.15) is 5.10 Å². The fraction of sp³-hybridized carbons (Fsp3) is 0.300. The number of carbonyl (C=O) groups excluding carboxylic acids is 2. The first-order valence-electron chi connectivity index (χ1n) is 9.55. The van der Waals surface area contributed by atoms with E-state index in [1.165, 1.54) is 17.5 Å². The second-order valence-electron chi connectivity index (χ2n) is 7.25. The van der Waals surface area contributed by atoms with Crippen LogP contribution in [0.25, 0.3) is 0 Å². The molecule has 0 bridgehead atoms. The van der Waals surface area contributed by atoms with E-state index in [4.69, 9.17) is 0 Å². The van der Waals surface area contributed by atoms with E-state index in [2.05, 4.69) is 26.0 Å². The van der Waals surface area contributed by atoms with E-state index in [-0.39, 0.29) is 24.1 Å². The minimum absolute atomic E-state index is 0.0575. The van der Waals surface area contributed by atoms with Gasteiger partial charge in [0, 0.05) is 23.9 Å². The third-order valence-electron chi connectivity index (χ3n) is 4.74. The van der Waals surface area contributed by atoms with Crippen molar-refractivity contribution >= 4 is 39.8 Å².